The lowest BCUT2D eigenvalue weighted by atomic mass is 10.2. The molecule has 0 aliphatic rings. The maximum atomic E-state index is 13.3. The fourth-order valence-corrected chi connectivity index (χ4v) is 4.90. The zero-order valence-electron chi connectivity index (χ0n) is 18.5. The first kappa shape index (κ1) is 23.5. The summed E-state index contributed by atoms with van der Waals surface area (Å²) in [5.74, 6) is 0.606. The van der Waals surface area contributed by atoms with E-state index in [0.29, 0.717) is 29.3 Å². The molecule has 0 spiro atoms. The smallest absolute Gasteiger partial charge is 0.264 e. The van der Waals surface area contributed by atoms with Crippen molar-refractivity contribution in [3.05, 3.63) is 83.3 Å². The number of rotatable bonds is 8. The van der Waals surface area contributed by atoms with Gasteiger partial charge in [0.25, 0.3) is 15.9 Å². The molecule has 0 fully saturated rings. The van der Waals surface area contributed by atoms with Crippen LogP contribution in [0, 0.1) is 0 Å². The molecule has 2 aromatic heterocycles. The number of halogens is 1. The van der Waals surface area contributed by atoms with Crippen molar-refractivity contribution in [2.45, 2.75) is 11.3 Å². The SMILES string of the molecule is COc1ccccc1N(C)S(=O)(=O)c1ccc(Cl)c(C(=O)NCCc2nnc3ccccn23)c1. The Morgan fingerprint density at radius 3 is 2.68 bits per heavy atom. The van der Waals surface area contributed by atoms with E-state index < -0.39 is 15.9 Å². The fraction of sp³-hybridized carbons (Fsp3) is 0.174. The number of nitrogens with zero attached hydrogens (tertiary/aromatic N) is 4. The normalized spacial score (nSPS) is 11.4. The van der Waals surface area contributed by atoms with Gasteiger partial charge in [-0.3, -0.25) is 13.5 Å². The van der Waals surface area contributed by atoms with E-state index >= 15 is 0 Å². The summed E-state index contributed by atoms with van der Waals surface area (Å²) in [4.78, 5) is 12.7. The molecule has 176 valence electrons. The predicted molar refractivity (Wildman–Crippen MR) is 129 cm³/mol. The van der Waals surface area contributed by atoms with Gasteiger partial charge in [0.05, 0.1) is 28.3 Å². The van der Waals surface area contributed by atoms with Crippen molar-refractivity contribution in [3.63, 3.8) is 0 Å². The molecular weight excluding hydrogens is 478 g/mol. The largest absolute Gasteiger partial charge is 0.495 e. The number of methoxy groups -OCH3 is 1. The summed E-state index contributed by atoms with van der Waals surface area (Å²) in [5.41, 5.74) is 1.14. The highest BCUT2D eigenvalue weighted by Gasteiger charge is 2.25. The van der Waals surface area contributed by atoms with Gasteiger partial charge in [0.15, 0.2) is 5.65 Å². The minimum Gasteiger partial charge on any atom is -0.495 e. The van der Waals surface area contributed by atoms with E-state index in [-0.39, 0.29) is 22.0 Å². The second-order valence-electron chi connectivity index (χ2n) is 7.34. The van der Waals surface area contributed by atoms with E-state index in [9.17, 15) is 13.2 Å². The topological polar surface area (TPSA) is 106 Å². The average Bonchev–Trinajstić information content (AvgIpc) is 3.26. The first-order valence-electron chi connectivity index (χ1n) is 10.3. The van der Waals surface area contributed by atoms with Crippen molar-refractivity contribution < 1.29 is 17.9 Å². The summed E-state index contributed by atoms with van der Waals surface area (Å²) < 4.78 is 34.7. The van der Waals surface area contributed by atoms with Gasteiger partial charge in [0.1, 0.15) is 11.6 Å². The van der Waals surface area contributed by atoms with Crippen LogP contribution in [-0.2, 0) is 16.4 Å². The number of pyridine rings is 1. The molecule has 0 bridgehead atoms. The number of sulfonamides is 1. The standard InChI is InChI=1S/C23H22ClN5O4S/c1-28(19-7-3-4-8-20(19)33-2)34(31,32)16-10-11-18(24)17(15-16)23(30)25-13-12-22-27-26-21-9-5-6-14-29(21)22/h3-11,14-15H,12-13H2,1-2H3,(H,25,30). The van der Waals surface area contributed by atoms with E-state index in [4.69, 9.17) is 16.3 Å². The van der Waals surface area contributed by atoms with Crippen molar-refractivity contribution >= 4 is 38.9 Å². The Bertz CT molecular complexity index is 1450. The number of aromatic nitrogens is 3. The number of anilines is 1. The third-order valence-electron chi connectivity index (χ3n) is 5.28. The predicted octanol–water partition coefficient (Wildman–Crippen LogP) is 3.19. The van der Waals surface area contributed by atoms with Gasteiger partial charge < -0.3 is 10.1 Å². The number of para-hydroxylation sites is 2. The second kappa shape index (κ2) is 9.70. The van der Waals surface area contributed by atoms with Gasteiger partial charge in [-0.05, 0) is 42.5 Å². The third-order valence-corrected chi connectivity index (χ3v) is 7.38. The number of carbonyl (C=O) groups is 1. The molecule has 2 aromatic carbocycles. The van der Waals surface area contributed by atoms with Crippen LogP contribution in [0.1, 0.15) is 16.2 Å². The number of fused-ring (bicyclic) bond motifs is 1. The fourth-order valence-electron chi connectivity index (χ4n) is 3.46. The van der Waals surface area contributed by atoms with Crippen molar-refractivity contribution in [2.24, 2.45) is 0 Å². The Balaban J connectivity index is 1.52. The Morgan fingerprint density at radius 2 is 1.88 bits per heavy atom. The van der Waals surface area contributed by atoms with Gasteiger partial charge in [-0.25, -0.2) is 8.42 Å². The van der Waals surface area contributed by atoms with Crippen LogP contribution >= 0.6 is 11.6 Å². The molecule has 4 rings (SSSR count). The maximum Gasteiger partial charge on any atom is 0.264 e. The quantitative estimate of drug-likeness (QED) is 0.399. The van der Waals surface area contributed by atoms with Crippen LogP contribution in [0.3, 0.4) is 0 Å². The first-order chi connectivity index (χ1) is 16.3. The van der Waals surface area contributed by atoms with Crippen LogP contribution in [0.4, 0.5) is 5.69 Å². The highest BCUT2D eigenvalue weighted by molar-refractivity contribution is 7.92. The van der Waals surface area contributed by atoms with Crippen molar-refractivity contribution in [3.8, 4) is 5.75 Å². The third kappa shape index (κ3) is 4.55. The number of amides is 1. The zero-order chi connectivity index (χ0) is 24.3. The maximum absolute atomic E-state index is 13.3. The molecule has 1 N–H and O–H groups in total. The van der Waals surface area contributed by atoms with Crippen LogP contribution in [0.5, 0.6) is 5.75 Å². The molecule has 11 heteroatoms. The molecule has 0 radical (unpaired) electrons. The molecule has 9 nitrogen and oxygen atoms in total. The first-order valence-corrected chi connectivity index (χ1v) is 12.1. The lowest BCUT2D eigenvalue weighted by Crippen LogP contribution is -2.29. The molecule has 0 saturated carbocycles. The van der Waals surface area contributed by atoms with E-state index in [1.165, 1.54) is 32.4 Å². The van der Waals surface area contributed by atoms with Crippen LogP contribution in [0.15, 0.2) is 71.8 Å². The molecule has 0 unspecified atom stereocenters. The number of carbonyl (C=O) groups excluding carboxylic acids is 1. The molecule has 34 heavy (non-hydrogen) atoms. The average molecular weight is 500 g/mol. The number of hydrogen-bond acceptors (Lipinski definition) is 6. The Morgan fingerprint density at radius 1 is 1.12 bits per heavy atom. The zero-order valence-corrected chi connectivity index (χ0v) is 20.0. The molecule has 0 saturated heterocycles. The van der Waals surface area contributed by atoms with Crippen LogP contribution in [0.25, 0.3) is 5.65 Å². The van der Waals surface area contributed by atoms with E-state index in [1.54, 1.807) is 24.3 Å². The van der Waals surface area contributed by atoms with Gasteiger partial charge >= 0.3 is 0 Å². The molecule has 0 atom stereocenters. The van der Waals surface area contributed by atoms with Gasteiger partial charge in [-0.15, -0.1) is 10.2 Å². The second-order valence-corrected chi connectivity index (χ2v) is 9.71. The summed E-state index contributed by atoms with van der Waals surface area (Å²) in [5, 5.41) is 11.1. The lowest BCUT2D eigenvalue weighted by molar-refractivity contribution is 0.0954. The van der Waals surface area contributed by atoms with Crippen LogP contribution < -0.4 is 14.4 Å². The Kier molecular flexibility index (Phi) is 6.71. The molecule has 1 amide bonds. The molecular formula is C23H22ClN5O4S. The number of benzene rings is 2. The van der Waals surface area contributed by atoms with Gasteiger partial charge in [-0.1, -0.05) is 29.8 Å². The summed E-state index contributed by atoms with van der Waals surface area (Å²) >= 11 is 6.23. The van der Waals surface area contributed by atoms with Gasteiger partial charge in [0, 0.05) is 26.2 Å². The van der Waals surface area contributed by atoms with Crippen molar-refractivity contribution in [2.75, 3.05) is 25.0 Å². The van der Waals surface area contributed by atoms with Crippen molar-refractivity contribution in [1.29, 1.82) is 0 Å². The van der Waals surface area contributed by atoms with Crippen LogP contribution in [0.2, 0.25) is 5.02 Å². The number of nitrogens with one attached hydrogen (secondary N) is 1. The molecule has 0 aliphatic carbocycles. The summed E-state index contributed by atoms with van der Waals surface area (Å²) in [6.07, 6.45) is 2.28. The number of hydrogen-bond donors (Lipinski definition) is 1. The van der Waals surface area contributed by atoms with E-state index in [0.717, 1.165) is 4.31 Å². The molecule has 4 aromatic rings. The summed E-state index contributed by atoms with van der Waals surface area (Å²) in [7, 11) is -1.10. The van der Waals surface area contributed by atoms with Crippen LogP contribution in [-0.4, -0.2) is 49.6 Å². The minimum atomic E-state index is -3.98. The van der Waals surface area contributed by atoms with Gasteiger partial charge in [-0.2, -0.15) is 0 Å². The summed E-state index contributed by atoms with van der Waals surface area (Å²) in [6, 6.07) is 16.4. The Hall–Kier alpha value is -3.63. The van der Waals surface area contributed by atoms with Crippen molar-refractivity contribution in [1.82, 2.24) is 19.9 Å². The molecule has 0 aliphatic heterocycles. The summed E-state index contributed by atoms with van der Waals surface area (Å²) in [6.45, 7) is 0.267. The monoisotopic (exact) mass is 499 g/mol. The molecule has 2 heterocycles. The highest BCUT2D eigenvalue weighted by atomic mass is 35.5. The Labute approximate surface area is 202 Å². The minimum absolute atomic E-state index is 0.0577. The lowest BCUT2D eigenvalue weighted by Gasteiger charge is -2.22. The van der Waals surface area contributed by atoms with Gasteiger partial charge in [0.2, 0.25) is 0 Å². The van der Waals surface area contributed by atoms with E-state index in [2.05, 4.69) is 15.5 Å². The highest BCUT2D eigenvalue weighted by Crippen LogP contribution is 2.31. The van der Waals surface area contributed by atoms with E-state index in [1.807, 2.05) is 28.8 Å². The number of ether oxygens (including phenoxy) is 1.